The van der Waals surface area contributed by atoms with Crippen LogP contribution >= 0.6 is 15.9 Å². The molecule has 0 bridgehead atoms. The Labute approximate surface area is 110 Å². The Morgan fingerprint density at radius 3 is 2.25 bits per heavy atom. The first-order valence-electron chi connectivity index (χ1n) is 6.35. The predicted molar refractivity (Wildman–Crippen MR) is 75.3 cm³/mol. The van der Waals surface area contributed by atoms with Crippen molar-refractivity contribution in [2.24, 2.45) is 11.8 Å². The van der Waals surface area contributed by atoms with Crippen LogP contribution in [0.4, 0.5) is 0 Å². The molecule has 0 saturated carbocycles. The highest BCUT2D eigenvalue weighted by Crippen LogP contribution is 2.17. The van der Waals surface area contributed by atoms with Crippen molar-refractivity contribution in [2.75, 3.05) is 32.1 Å². The molecule has 0 aromatic heterocycles. The number of rotatable bonds is 9. The second-order valence-electron chi connectivity index (χ2n) is 4.90. The fourth-order valence-electron chi connectivity index (χ4n) is 1.70. The van der Waals surface area contributed by atoms with E-state index < -0.39 is 0 Å². The summed E-state index contributed by atoms with van der Waals surface area (Å²) in [5, 5.41) is 1.09. The normalized spacial score (nSPS) is 15.8. The fourth-order valence-corrected chi connectivity index (χ4v) is 2.65. The van der Waals surface area contributed by atoms with Crippen LogP contribution in [0.2, 0.25) is 0 Å². The molecular weight excluding hydrogens is 266 g/mol. The van der Waals surface area contributed by atoms with E-state index in [9.17, 15) is 0 Å². The zero-order chi connectivity index (χ0) is 12.6. The molecule has 0 aliphatic heterocycles. The quantitative estimate of drug-likeness (QED) is 0.604. The summed E-state index contributed by atoms with van der Waals surface area (Å²) < 4.78 is 5.19. The summed E-state index contributed by atoms with van der Waals surface area (Å²) in [4.78, 5) is 2.55. The summed E-state index contributed by atoms with van der Waals surface area (Å²) in [7, 11) is 1.78. The van der Waals surface area contributed by atoms with E-state index in [-0.39, 0.29) is 0 Å². The Morgan fingerprint density at radius 2 is 1.88 bits per heavy atom. The molecule has 16 heavy (non-hydrogen) atoms. The van der Waals surface area contributed by atoms with Gasteiger partial charge in [-0.25, -0.2) is 0 Å². The largest absolute Gasteiger partial charge is 0.383 e. The van der Waals surface area contributed by atoms with Gasteiger partial charge in [0.1, 0.15) is 0 Å². The maximum Gasteiger partial charge on any atom is 0.0589 e. The van der Waals surface area contributed by atoms with Gasteiger partial charge in [0.15, 0.2) is 0 Å². The molecule has 0 fully saturated rings. The third kappa shape index (κ3) is 6.21. The number of hydrogen-bond donors (Lipinski definition) is 0. The molecule has 0 N–H and O–H groups in total. The molecule has 2 unspecified atom stereocenters. The van der Waals surface area contributed by atoms with Crippen LogP contribution in [-0.4, -0.2) is 43.1 Å². The lowest BCUT2D eigenvalue weighted by Crippen LogP contribution is -2.40. The molecule has 0 amide bonds. The first-order valence-corrected chi connectivity index (χ1v) is 7.47. The molecule has 0 rings (SSSR count). The number of alkyl halides is 1. The molecule has 0 spiro atoms. The van der Waals surface area contributed by atoms with Gasteiger partial charge in [0, 0.05) is 31.6 Å². The fraction of sp³-hybridized carbons (Fsp3) is 1.00. The van der Waals surface area contributed by atoms with Gasteiger partial charge in [-0.3, -0.25) is 4.90 Å². The van der Waals surface area contributed by atoms with Gasteiger partial charge in [0.2, 0.25) is 0 Å². The van der Waals surface area contributed by atoms with Crippen molar-refractivity contribution in [1.82, 2.24) is 4.90 Å². The Bertz CT molecular complexity index is 164. The molecule has 2 atom stereocenters. The van der Waals surface area contributed by atoms with Crippen LogP contribution in [-0.2, 0) is 4.74 Å². The molecule has 3 heteroatoms. The van der Waals surface area contributed by atoms with Crippen molar-refractivity contribution < 1.29 is 4.74 Å². The van der Waals surface area contributed by atoms with Crippen molar-refractivity contribution in [3.63, 3.8) is 0 Å². The summed E-state index contributed by atoms with van der Waals surface area (Å²) in [5.41, 5.74) is 0. The second-order valence-corrected chi connectivity index (χ2v) is 5.55. The monoisotopic (exact) mass is 293 g/mol. The zero-order valence-corrected chi connectivity index (χ0v) is 13.1. The Hall–Kier alpha value is 0.400. The van der Waals surface area contributed by atoms with Gasteiger partial charge in [0.05, 0.1) is 6.61 Å². The maximum atomic E-state index is 5.19. The molecule has 2 nitrogen and oxygen atoms in total. The van der Waals surface area contributed by atoms with Gasteiger partial charge in [-0.2, -0.15) is 0 Å². The van der Waals surface area contributed by atoms with Crippen LogP contribution < -0.4 is 0 Å². The van der Waals surface area contributed by atoms with E-state index in [1.165, 1.54) is 13.0 Å². The molecule has 98 valence electrons. The first-order chi connectivity index (χ1) is 7.56. The van der Waals surface area contributed by atoms with Gasteiger partial charge in [-0.05, 0) is 25.2 Å². The molecule has 0 saturated heterocycles. The number of hydrogen-bond acceptors (Lipinski definition) is 2. The number of methoxy groups -OCH3 is 1. The Kier molecular flexibility index (Phi) is 9.67. The minimum Gasteiger partial charge on any atom is -0.383 e. The average molecular weight is 294 g/mol. The van der Waals surface area contributed by atoms with Crippen molar-refractivity contribution in [1.29, 1.82) is 0 Å². The van der Waals surface area contributed by atoms with E-state index in [4.69, 9.17) is 4.74 Å². The minimum atomic E-state index is 0.649. The summed E-state index contributed by atoms with van der Waals surface area (Å²) in [6.45, 7) is 12.2. The highest BCUT2D eigenvalue weighted by atomic mass is 79.9. The molecule has 0 radical (unpaired) electrons. The lowest BCUT2D eigenvalue weighted by molar-refractivity contribution is 0.105. The molecule has 0 aromatic carbocycles. The van der Waals surface area contributed by atoms with Crippen LogP contribution in [0, 0.1) is 11.8 Å². The van der Waals surface area contributed by atoms with Crippen LogP contribution in [0.25, 0.3) is 0 Å². The lowest BCUT2D eigenvalue weighted by Gasteiger charge is -2.32. The smallest absolute Gasteiger partial charge is 0.0589 e. The summed E-state index contributed by atoms with van der Waals surface area (Å²) >= 11 is 3.63. The van der Waals surface area contributed by atoms with Crippen LogP contribution in [0.5, 0.6) is 0 Å². The average Bonchev–Trinajstić information content (AvgIpc) is 2.28. The number of ether oxygens (including phenoxy) is 1. The summed E-state index contributed by atoms with van der Waals surface area (Å²) in [6.07, 6.45) is 1.21. The molecule has 0 heterocycles. The standard InChI is InChI=1S/C13H28BrNO/c1-6-12(4)15(7-8-16-5)10-13(9-14)11(2)3/h11-13H,6-10H2,1-5H3. The minimum absolute atomic E-state index is 0.649. The summed E-state index contributed by atoms with van der Waals surface area (Å²) in [6, 6.07) is 0.649. The highest BCUT2D eigenvalue weighted by molar-refractivity contribution is 9.09. The third-order valence-electron chi connectivity index (χ3n) is 3.41. The molecule has 0 aliphatic carbocycles. The van der Waals surface area contributed by atoms with E-state index in [0.29, 0.717) is 6.04 Å². The third-order valence-corrected chi connectivity index (χ3v) is 4.24. The zero-order valence-electron chi connectivity index (χ0n) is 11.5. The SMILES string of the molecule is CCC(C)N(CCOC)CC(CBr)C(C)C. The van der Waals surface area contributed by atoms with Crippen molar-refractivity contribution >= 4 is 15.9 Å². The topological polar surface area (TPSA) is 12.5 Å². The predicted octanol–water partition coefficient (Wildman–Crippen LogP) is 3.40. The van der Waals surface area contributed by atoms with E-state index in [0.717, 1.165) is 30.3 Å². The van der Waals surface area contributed by atoms with E-state index in [2.05, 4.69) is 48.5 Å². The van der Waals surface area contributed by atoms with Gasteiger partial charge >= 0.3 is 0 Å². The Balaban J connectivity index is 4.27. The number of halogens is 1. The Morgan fingerprint density at radius 1 is 1.25 bits per heavy atom. The van der Waals surface area contributed by atoms with Crippen LogP contribution in [0.15, 0.2) is 0 Å². The molecule has 0 aliphatic rings. The van der Waals surface area contributed by atoms with Crippen molar-refractivity contribution in [3.8, 4) is 0 Å². The van der Waals surface area contributed by atoms with E-state index in [1.54, 1.807) is 7.11 Å². The van der Waals surface area contributed by atoms with E-state index in [1.807, 2.05) is 0 Å². The van der Waals surface area contributed by atoms with Crippen molar-refractivity contribution in [3.05, 3.63) is 0 Å². The van der Waals surface area contributed by atoms with Crippen LogP contribution in [0.3, 0.4) is 0 Å². The maximum absolute atomic E-state index is 5.19. The van der Waals surface area contributed by atoms with Gasteiger partial charge in [0.25, 0.3) is 0 Å². The molecular formula is C13H28BrNO. The summed E-state index contributed by atoms with van der Waals surface area (Å²) in [5.74, 6) is 1.46. The van der Waals surface area contributed by atoms with Gasteiger partial charge in [-0.1, -0.05) is 36.7 Å². The second kappa shape index (κ2) is 9.43. The lowest BCUT2D eigenvalue weighted by atomic mass is 9.96. The van der Waals surface area contributed by atoms with Gasteiger partial charge < -0.3 is 4.74 Å². The van der Waals surface area contributed by atoms with E-state index >= 15 is 0 Å². The van der Waals surface area contributed by atoms with Gasteiger partial charge in [-0.15, -0.1) is 0 Å². The van der Waals surface area contributed by atoms with Crippen molar-refractivity contribution in [2.45, 2.75) is 40.2 Å². The van der Waals surface area contributed by atoms with Crippen LogP contribution in [0.1, 0.15) is 34.1 Å². The number of nitrogens with zero attached hydrogens (tertiary/aromatic N) is 1. The highest BCUT2D eigenvalue weighted by Gasteiger charge is 2.19. The molecule has 0 aromatic rings. The first kappa shape index (κ1) is 16.4.